The molecule has 0 aliphatic heterocycles. The Morgan fingerprint density at radius 3 is 2.33 bits per heavy atom. The Labute approximate surface area is 174 Å². The molecule has 2 aromatic carbocycles. The number of rotatable bonds is 7. The Balaban J connectivity index is 1.60. The number of aryl methyl sites for hydroxylation is 2. The van der Waals surface area contributed by atoms with Gasteiger partial charge in [-0.25, -0.2) is 14.2 Å². The van der Waals surface area contributed by atoms with Gasteiger partial charge in [0.15, 0.2) is 0 Å². The smallest absolute Gasteiger partial charge is 0.323 e. The summed E-state index contributed by atoms with van der Waals surface area (Å²) >= 11 is 0. The first kappa shape index (κ1) is 21.0. The molecular weight excluding hydrogens is 385 g/mol. The van der Waals surface area contributed by atoms with Crippen molar-refractivity contribution in [1.82, 2.24) is 9.97 Å². The number of halogens is 1. The molecule has 2 amide bonds. The third-order valence-electron chi connectivity index (χ3n) is 4.11. The number of hydrogen-bond acceptors (Lipinski definition) is 5. The Bertz CT molecular complexity index is 1020. The van der Waals surface area contributed by atoms with Gasteiger partial charge in [0.25, 0.3) is 0 Å². The summed E-state index contributed by atoms with van der Waals surface area (Å²) in [6.07, 6.45) is 0.896. The maximum absolute atomic E-state index is 13.6. The van der Waals surface area contributed by atoms with Gasteiger partial charge in [0.2, 0.25) is 5.88 Å². The quantitative estimate of drug-likeness (QED) is 0.486. The van der Waals surface area contributed by atoms with Crippen molar-refractivity contribution in [3.8, 4) is 5.88 Å². The molecule has 3 rings (SSSR count). The third kappa shape index (κ3) is 5.91. The number of carbonyl (C=O) groups excluding carboxylic acids is 1. The van der Waals surface area contributed by atoms with Gasteiger partial charge in [0, 0.05) is 23.1 Å². The molecule has 0 unspecified atom stereocenters. The molecule has 0 saturated heterocycles. The topological polar surface area (TPSA) is 88.2 Å². The van der Waals surface area contributed by atoms with Gasteiger partial charge in [-0.05, 0) is 62.2 Å². The van der Waals surface area contributed by atoms with Crippen LogP contribution >= 0.6 is 0 Å². The van der Waals surface area contributed by atoms with E-state index in [9.17, 15) is 9.18 Å². The molecular formula is C22H24FN5O2. The maximum atomic E-state index is 13.6. The lowest BCUT2D eigenvalue weighted by atomic mass is 10.2. The summed E-state index contributed by atoms with van der Waals surface area (Å²) in [5, 5.41) is 8.51. The number of ether oxygens (including phenoxy) is 1. The van der Waals surface area contributed by atoms with E-state index in [0.29, 0.717) is 41.1 Å². The van der Waals surface area contributed by atoms with Crippen LogP contribution in [0.4, 0.5) is 32.1 Å². The largest absolute Gasteiger partial charge is 0.478 e. The molecule has 30 heavy (non-hydrogen) atoms. The zero-order valence-electron chi connectivity index (χ0n) is 17.1. The normalized spacial score (nSPS) is 10.4. The average molecular weight is 409 g/mol. The molecule has 0 radical (unpaired) electrons. The monoisotopic (exact) mass is 409 g/mol. The molecule has 7 nitrogen and oxygen atoms in total. The van der Waals surface area contributed by atoms with Crippen LogP contribution in [0.3, 0.4) is 0 Å². The molecule has 1 heterocycles. The van der Waals surface area contributed by atoms with Crippen molar-refractivity contribution in [2.45, 2.75) is 27.2 Å². The van der Waals surface area contributed by atoms with Crippen LogP contribution in [-0.2, 0) is 0 Å². The number of carbonyl (C=O) groups is 1. The third-order valence-corrected chi connectivity index (χ3v) is 4.11. The van der Waals surface area contributed by atoms with Gasteiger partial charge in [-0.15, -0.1) is 0 Å². The maximum Gasteiger partial charge on any atom is 0.323 e. The number of amides is 2. The van der Waals surface area contributed by atoms with E-state index >= 15 is 0 Å². The van der Waals surface area contributed by atoms with E-state index in [-0.39, 0.29) is 5.82 Å². The lowest BCUT2D eigenvalue weighted by Gasteiger charge is -2.11. The fraction of sp³-hybridized carbons (Fsp3) is 0.227. The molecule has 0 fully saturated rings. The fourth-order valence-electron chi connectivity index (χ4n) is 2.63. The van der Waals surface area contributed by atoms with Crippen LogP contribution in [0.1, 0.15) is 24.7 Å². The van der Waals surface area contributed by atoms with Gasteiger partial charge in [0.1, 0.15) is 17.5 Å². The van der Waals surface area contributed by atoms with Crippen molar-refractivity contribution in [2.24, 2.45) is 0 Å². The van der Waals surface area contributed by atoms with Crippen molar-refractivity contribution in [3.63, 3.8) is 0 Å². The van der Waals surface area contributed by atoms with Crippen molar-refractivity contribution in [1.29, 1.82) is 0 Å². The molecule has 3 N–H and O–H groups in total. The lowest BCUT2D eigenvalue weighted by molar-refractivity contribution is 0.262. The molecule has 0 aliphatic carbocycles. The first-order valence-electron chi connectivity index (χ1n) is 9.62. The summed E-state index contributed by atoms with van der Waals surface area (Å²) in [5.41, 5.74) is 2.29. The highest BCUT2D eigenvalue weighted by atomic mass is 19.1. The van der Waals surface area contributed by atoms with Crippen molar-refractivity contribution >= 4 is 28.9 Å². The van der Waals surface area contributed by atoms with Crippen LogP contribution < -0.4 is 20.7 Å². The van der Waals surface area contributed by atoms with Crippen LogP contribution in [0.15, 0.2) is 48.5 Å². The summed E-state index contributed by atoms with van der Waals surface area (Å²) in [4.78, 5) is 20.7. The first-order valence-corrected chi connectivity index (χ1v) is 9.62. The summed E-state index contributed by atoms with van der Waals surface area (Å²) in [5.74, 6) is 1.38. The van der Waals surface area contributed by atoms with Gasteiger partial charge < -0.3 is 20.7 Å². The predicted octanol–water partition coefficient (Wildman–Crippen LogP) is 5.41. The number of nitrogens with zero attached hydrogens (tertiary/aromatic N) is 2. The van der Waals surface area contributed by atoms with Gasteiger partial charge in [-0.3, -0.25) is 0 Å². The Morgan fingerprint density at radius 1 is 0.967 bits per heavy atom. The molecule has 0 bridgehead atoms. The highest BCUT2D eigenvalue weighted by Crippen LogP contribution is 2.21. The van der Waals surface area contributed by atoms with Crippen LogP contribution in [-0.4, -0.2) is 22.6 Å². The molecule has 8 heteroatoms. The Morgan fingerprint density at radius 2 is 1.63 bits per heavy atom. The summed E-state index contributed by atoms with van der Waals surface area (Å²) in [6, 6.07) is 12.9. The molecule has 1 aromatic heterocycles. The molecule has 0 aliphatic rings. The number of anilines is 4. The number of benzene rings is 2. The first-order chi connectivity index (χ1) is 14.4. The van der Waals surface area contributed by atoms with Gasteiger partial charge in [-0.1, -0.05) is 13.0 Å². The number of nitrogens with one attached hydrogen (secondary N) is 3. The Hall–Kier alpha value is -3.68. The van der Waals surface area contributed by atoms with E-state index in [0.717, 1.165) is 12.1 Å². The van der Waals surface area contributed by atoms with E-state index in [1.165, 1.54) is 6.07 Å². The molecule has 156 valence electrons. The zero-order chi connectivity index (χ0) is 21.5. The van der Waals surface area contributed by atoms with Crippen LogP contribution in [0, 0.1) is 19.7 Å². The molecule has 3 aromatic rings. The second kappa shape index (κ2) is 9.69. The standard InChI is InChI=1S/C22H24FN5O2/c1-4-11-30-21-13-20(24-15(3)25-21)26-16-7-9-17(10-8-16)27-22(29)28-18-6-5-14(2)19(23)12-18/h5-10,12-13H,4,11H2,1-3H3,(H,24,25,26)(H2,27,28,29). The second-order valence-electron chi connectivity index (χ2n) is 6.73. The summed E-state index contributed by atoms with van der Waals surface area (Å²) in [6.45, 7) is 6.09. The van der Waals surface area contributed by atoms with E-state index in [1.54, 1.807) is 44.2 Å². The fourth-order valence-corrected chi connectivity index (χ4v) is 2.63. The lowest BCUT2D eigenvalue weighted by Crippen LogP contribution is -2.19. The minimum atomic E-state index is -0.455. The molecule has 0 atom stereocenters. The number of hydrogen-bond donors (Lipinski definition) is 3. The van der Waals surface area contributed by atoms with Gasteiger partial charge in [0.05, 0.1) is 6.61 Å². The van der Waals surface area contributed by atoms with Crippen molar-refractivity contribution in [2.75, 3.05) is 22.6 Å². The van der Waals surface area contributed by atoms with E-state index in [2.05, 4.69) is 25.9 Å². The van der Waals surface area contributed by atoms with E-state index < -0.39 is 6.03 Å². The van der Waals surface area contributed by atoms with Gasteiger partial charge >= 0.3 is 6.03 Å². The van der Waals surface area contributed by atoms with E-state index in [1.807, 2.05) is 19.1 Å². The highest BCUT2D eigenvalue weighted by Gasteiger charge is 2.06. The van der Waals surface area contributed by atoms with Crippen molar-refractivity contribution < 1.29 is 13.9 Å². The second-order valence-corrected chi connectivity index (χ2v) is 6.73. The van der Waals surface area contributed by atoms with Crippen LogP contribution in [0.5, 0.6) is 5.88 Å². The number of urea groups is 1. The molecule has 0 spiro atoms. The highest BCUT2D eigenvalue weighted by molar-refractivity contribution is 5.99. The summed E-state index contributed by atoms with van der Waals surface area (Å²) < 4.78 is 19.2. The van der Waals surface area contributed by atoms with Crippen LogP contribution in [0.25, 0.3) is 0 Å². The SMILES string of the molecule is CCCOc1cc(Nc2ccc(NC(=O)Nc3ccc(C)c(F)c3)cc2)nc(C)n1. The minimum absolute atomic E-state index is 0.369. The summed E-state index contributed by atoms with van der Waals surface area (Å²) in [7, 11) is 0. The predicted molar refractivity (Wildman–Crippen MR) is 116 cm³/mol. The Kier molecular flexibility index (Phi) is 6.79. The van der Waals surface area contributed by atoms with E-state index in [4.69, 9.17) is 4.74 Å². The zero-order valence-corrected chi connectivity index (χ0v) is 17.1. The average Bonchev–Trinajstić information content (AvgIpc) is 2.70. The molecule has 0 saturated carbocycles. The van der Waals surface area contributed by atoms with Crippen molar-refractivity contribution in [3.05, 3.63) is 65.7 Å². The van der Waals surface area contributed by atoms with Gasteiger partial charge in [-0.2, -0.15) is 4.98 Å². The minimum Gasteiger partial charge on any atom is -0.478 e. The number of aromatic nitrogens is 2. The van der Waals surface area contributed by atoms with Crippen LogP contribution in [0.2, 0.25) is 0 Å².